The summed E-state index contributed by atoms with van der Waals surface area (Å²) in [5.41, 5.74) is 0. The van der Waals surface area contributed by atoms with E-state index in [9.17, 15) is 5.11 Å². The number of hydrogen-bond donors (Lipinski definition) is 2. The number of aliphatic hydroxyl groups is 1. The van der Waals surface area contributed by atoms with Crippen LogP contribution in [-0.4, -0.2) is 24.3 Å². The molecule has 0 saturated heterocycles. The van der Waals surface area contributed by atoms with Crippen molar-refractivity contribution in [1.82, 2.24) is 5.32 Å². The summed E-state index contributed by atoms with van der Waals surface area (Å²) in [6, 6.07) is 0. The first-order valence-corrected chi connectivity index (χ1v) is 7.64. The van der Waals surface area contributed by atoms with Crippen molar-refractivity contribution in [3.8, 4) is 0 Å². The van der Waals surface area contributed by atoms with Crippen molar-refractivity contribution in [3.63, 3.8) is 0 Å². The van der Waals surface area contributed by atoms with Gasteiger partial charge in [-0.05, 0) is 50.0 Å². The third kappa shape index (κ3) is 4.26. The lowest BCUT2D eigenvalue weighted by atomic mass is 9.82. The highest BCUT2D eigenvalue weighted by Gasteiger charge is 2.23. The molecule has 0 radical (unpaired) electrons. The summed E-state index contributed by atoms with van der Waals surface area (Å²) >= 11 is 0. The second-order valence-electron chi connectivity index (χ2n) is 6.40. The van der Waals surface area contributed by atoms with Gasteiger partial charge in [0.25, 0.3) is 0 Å². The SMILES string of the molecule is CC1CCC(CNCC2CCCCC2O)CC1. The molecule has 2 unspecified atom stereocenters. The van der Waals surface area contributed by atoms with Crippen molar-refractivity contribution in [2.24, 2.45) is 17.8 Å². The van der Waals surface area contributed by atoms with Gasteiger partial charge in [0.2, 0.25) is 0 Å². The van der Waals surface area contributed by atoms with Crippen LogP contribution in [0.5, 0.6) is 0 Å². The number of hydrogen-bond acceptors (Lipinski definition) is 2. The summed E-state index contributed by atoms with van der Waals surface area (Å²) in [7, 11) is 0. The molecule has 2 N–H and O–H groups in total. The van der Waals surface area contributed by atoms with E-state index in [1.807, 2.05) is 0 Å². The van der Waals surface area contributed by atoms with Crippen molar-refractivity contribution < 1.29 is 5.11 Å². The minimum Gasteiger partial charge on any atom is -0.393 e. The summed E-state index contributed by atoms with van der Waals surface area (Å²) in [6.45, 7) is 4.59. The lowest BCUT2D eigenvalue weighted by molar-refractivity contribution is 0.0687. The van der Waals surface area contributed by atoms with E-state index in [4.69, 9.17) is 0 Å². The molecule has 2 aliphatic rings. The van der Waals surface area contributed by atoms with E-state index in [-0.39, 0.29) is 6.10 Å². The molecular formula is C15H29NO. The number of nitrogens with one attached hydrogen (secondary N) is 1. The molecule has 17 heavy (non-hydrogen) atoms. The average Bonchev–Trinajstić information content (AvgIpc) is 2.34. The van der Waals surface area contributed by atoms with Crippen LogP contribution >= 0.6 is 0 Å². The van der Waals surface area contributed by atoms with Crippen LogP contribution in [0.25, 0.3) is 0 Å². The predicted octanol–water partition coefficient (Wildman–Crippen LogP) is 2.95. The van der Waals surface area contributed by atoms with E-state index in [2.05, 4.69) is 12.2 Å². The summed E-state index contributed by atoms with van der Waals surface area (Å²) in [4.78, 5) is 0. The third-order valence-corrected chi connectivity index (χ3v) is 4.84. The minimum atomic E-state index is -0.0392. The molecule has 0 spiro atoms. The van der Waals surface area contributed by atoms with Crippen LogP contribution in [-0.2, 0) is 0 Å². The Labute approximate surface area is 106 Å². The van der Waals surface area contributed by atoms with Crippen molar-refractivity contribution in [2.75, 3.05) is 13.1 Å². The van der Waals surface area contributed by atoms with Gasteiger partial charge in [-0.25, -0.2) is 0 Å². The van der Waals surface area contributed by atoms with Crippen LogP contribution in [0.3, 0.4) is 0 Å². The van der Waals surface area contributed by atoms with Crippen LogP contribution in [0.4, 0.5) is 0 Å². The van der Waals surface area contributed by atoms with Crippen LogP contribution in [0.15, 0.2) is 0 Å². The molecule has 2 heteroatoms. The van der Waals surface area contributed by atoms with Gasteiger partial charge < -0.3 is 10.4 Å². The molecule has 2 fully saturated rings. The fourth-order valence-corrected chi connectivity index (χ4v) is 3.43. The van der Waals surface area contributed by atoms with Gasteiger partial charge in [-0.1, -0.05) is 32.6 Å². The molecule has 2 aliphatic carbocycles. The van der Waals surface area contributed by atoms with E-state index >= 15 is 0 Å². The smallest absolute Gasteiger partial charge is 0.0580 e. The van der Waals surface area contributed by atoms with Crippen LogP contribution in [0, 0.1) is 17.8 Å². The van der Waals surface area contributed by atoms with Gasteiger partial charge in [0, 0.05) is 6.54 Å². The highest BCUT2D eigenvalue weighted by Crippen LogP contribution is 2.28. The predicted molar refractivity (Wildman–Crippen MR) is 72.0 cm³/mol. The first-order valence-electron chi connectivity index (χ1n) is 7.64. The van der Waals surface area contributed by atoms with Gasteiger partial charge in [0.15, 0.2) is 0 Å². The molecule has 0 aromatic heterocycles. The van der Waals surface area contributed by atoms with Gasteiger partial charge in [-0.2, -0.15) is 0 Å². The van der Waals surface area contributed by atoms with E-state index < -0.39 is 0 Å². The zero-order valence-electron chi connectivity index (χ0n) is 11.3. The van der Waals surface area contributed by atoms with Crippen LogP contribution < -0.4 is 5.32 Å². The fraction of sp³-hybridized carbons (Fsp3) is 1.00. The Balaban J connectivity index is 1.59. The lowest BCUT2D eigenvalue weighted by Crippen LogP contribution is -2.36. The van der Waals surface area contributed by atoms with E-state index in [0.29, 0.717) is 5.92 Å². The zero-order chi connectivity index (χ0) is 12.1. The fourth-order valence-electron chi connectivity index (χ4n) is 3.43. The monoisotopic (exact) mass is 239 g/mol. The maximum atomic E-state index is 9.90. The Morgan fingerprint density at radius 2 is 1.65 bits per heavy atom. The Morgan fingerprint density at radius 3 is 2.35 bits per heavy atom. The molecule has 0 amide bonds. The molecule has 0 aliphatic heterocycles. The Morgan fingerprint density at radius 1 is 0.941 bits per heavy atom. The molecule has 2 saturated carbocycles. The molecular weight excluding hydrogens is 210 g/mol. The topological polar surface area (TPSA) is 32.3 Å². The molecule has 0 bridgehead atoms. The highest BCUT2D eigenvalue weighted by atomic mass is 16.3. The van der Waals surface area contributed by atoms with Gasteiger partial charge >= 0.3 is 0 Å². The van der Waals surface area contributed by atoms with Crippen molar-refractivity contribution >= 4 is 0 Å². The van der Waals surface area contributed by atoms with Crippen molar-refractivity contribution in [3.05, 3.63) is 0 Å². The standard InChI is InChI=1S/C15H29NO/c1-12-6-8-13(9-7-12)10-16-11-14-4-2-3-5-15(14)17/h12-17H,2-11H2,1H3. The van der Waals surface area contributed by atoms with Crippen LogP contribution in [0.1, 0.15) is 58.3 Å². The third-order valence-electron chi connectivity index (χ3n) is 4.84. The number of aliphatic hydroxyl groups excluding tert-OH is 1. The van der Waals surface area contributed by atoms with E-state index in [1.165, 1.54) is 51.5 Å². The second-order valence-corrected chi connectivity index (χ2v) is 6.40. The number of rotatable bonds is 4. The van der Waals surface area contributed by atoms with Crippen molar-refractivity contribution in [1.29, 1.82) is 0 Å². The van der Waals surface area contributed by atoms with E-state index in [0.717, 1.165) is 24.8 Å². The maximum absolute atomic E-state index is 9.90. The normalized spacial score (nSPS) is 39.2. The highest BCUT2D eigenvalue weighted by molar-refractivity contribution is 4.77. The van der Waals surface area contributed by atoms with Gasteiger partial charge in [-0.3, -0.25) is 0 Å². The molecule has 100 valence electrons. The largest absolute Gasteiger partial charge is 0.393 e. The molecule has 2 rings (SSSR count). The van der Waals surface area contributed by atoms with Crippen LogP contribution in [0.2, 0.25) is 0 Å². The molecule has 2 nitrogen and oxygen atoms in total. The summed E-state index contributed by atoms with van der Waals surface area (Å²) in [5, 5.41) is 13.5. The first kappa shape index (κ1) is 13.4. The molecule has 0 heterocycles. The summed E-state index contributed by atoms with van der Waals surface area (Å²) < 4.78 is 0. The lowest BCUT2D eigenvalue weighted by Gasteiger charge is -2.30. The van der Waals surface area contributed by atoms with Gasteiger partial charge in [0.05, 0.1) is 6.10 Å². The Hall–Kier alpha value is -0.0800. The quantitative estimate of drug-likeness (QED) is 0.790. The summed E-state index contributed by atoms with van der Waals surface area (Å²) in [6.07, 6.45) is 10.4. The average molecular weight is 239 g/mol. The Kier molecular flexibility index (Phi) is 5.30. The van der Waals surface area contributed by atoms with Gasteiger partial charge in [-0.15, -0.1) is 0 Å². The second kappa shape index (κ2) is 6.75. The van der Waals surface area contributed by atoms with E-state index in [1.54, 1.807) is 0 Å². The maximum Gasteiger partial charge on any atom is 0.0580 e. The minimum absolute atomic E-state index is 0.0392. The van der Waals surface area contributed by atoms with Gasteiger partial charge in [0.1, 0.15) is 0 Å². The summed E-state index contributed by atoms with van der Waals surface area (Å²) in [5.74, 6) is 2.37. The van der Waals surface area contributed by atoms with Crippen molar-refractivity contribution in [2.45, 2.75) is 64.4 Å². The first-order chi connectivity index (χ1) is 8.25. The zero-order valence-corrected chi connectivity index (χ0v) is 11.3. The molecule has 2 atom stereocenters. The molecule has 0 aromatic carbocycles. The Bertz CT molecular complexity index is 211. The molecule has 0 aromatic rings.